The summed E-state index contributed by atoms with van der Waals surface area (Å²) in [5, 5.41) is 12.0. The van der Waals surface area contributed by atoms with Crippen molar-refractivity contribution >= 4 is 11.6 Å². The summed E-state index contributed by atoms with van der Waals surface area (Å²) < 4.78 is 0. The minimum absolute atomic E-state index is 0.279. The van der Waals surface area contributed by atoms with Gasteiger partial charge in [0.15, 0.2) is 0 Å². The van der Waals surface area contributed by atoms with Crippen molar-refractivity contribution in [2.24, 2.45) is 5.92 Å². The highest BCUT2D eigenvalue weighted by Gasteiger charge is 2.18. The first-order chi connectivity index (χ1) is 9.70. The van der Waals surface area contributed by atoms with Crippen LogP contribution in [-0.2, 0) is 11.2 Å². The van der Waals surface area contributed by atoms with Crippen molar-refractivity contribution in [2.75, 3.05) is 5.32 Å². The molecule has 0 aliphatic rings. The van der Waals surface area contributed by atoms with Crippen molar-refractivity contribution in [3.05, 3.63) is 59.9 Å². The Morgan fingerprint density at radius 2 is 2.00 bits per heavy atom. The SMILES string of the molecule is Cc1ccccc1NC(=O)[C@H](C#N)Cc1ccncc1. The van der Waals surface area contributed by atoms with Gasteiger partial charge in [-0.05, 0) is 42.7 Å². The maximum Gasteiger partial charge on any atom is 0.242 e. The number of nitrogens with one attached hydrogen (secondary N) is 1. The molecule has 0 saturated carbocycles. The number of carbonyl (C=O) groups excluding carboxylic acids is 1. The maximum atomic E-state index is 12.2. The molecule has 2 rings (SSSR count). The molecule has 4 nitrogen and oxygen atoms in total. The molecule has 1 aromatic carbocycles. The molecule has 1 N–H and O–H groups in total. The maximum absolute atomic E-state index is 12.2. The minimum atomic E-state index is -0.711. The van der Waals surface area contributed by atoms with E-state index in [4.69, 9.17) is 0 Å². The number of rotatable bonds is 4. The number of para-hydroxylation sites is 1. The summed E-state index contributed by atoms with van der Waals surface area (Å²) in [5.74, 6) is -0.990. The lowest BCUT2D eigenvalue weighted by Crippen LogP contribution is -2.23. The average Bonchev–Trinajstić information content (AvgIpc) is 2.48. The highest BCUT2D eigenvalue weighted by atomic mass is 16.1. The molecule has 0 unspecified atom stereocenters. The van der Waals surface area contributed by atoms with Crippen LogP contribution in [0.25, 0.3) is 0 Å². The predicted octanol–water partition coefficient (Wildman–Crippen LogP) is 2.71. The molecule has 0 fully saturated rings. The first-order valence-electron chi connectivity index (χ1n) is 6.35. The molecule has 0 bridgehead atoms. The summed E-state index contributed by atoms with van der Waals surface area (Å²) in [6.07, 6.45) is 3.70. The van der Waals surface area contributed by atoms with E-state index >= 15 is 0 Å². The molecule has 4 heteroatoms. The first kappa shape index (κ1) is 13.8. The number of nitriles is 1. The number of carbonyl (C=O) groups is 1. The number of hydrogen-bond donors (Lipinski definition) is 1. The molecule has 1 atom stereocenters. The number of benzene rings is 1. The van der Waals surface area contributed by atoms with E-state index in [-0.39, 0.29) is 5.91 Å². The van der Waals surface area contributed by atoms with Gasteiger partial charge in [-0.1, -0.05) is 18.2 Å². The quantitative estimate of drug-likeness (QED) is 0.924. The van der Waals surface area contributed by atoms with Gasteiger partial charge >= 0.3 is 0 Å². The van der Waals surface area contributed by atoms with Gasteiger partial charge in [0.2, 0.25) is 5.91 Å². The van der Waals surface area contributed by atoms with E-state index in [9.17, 15) is 10.1 Å². The number of pyridine rings is 1. The van der Waals surface area contributed by atoms with Crippen LogP contribution in [0.3, 0.4) is 0 Å². The molecule has 0 aliphatic heterocycles. The van der Waals surface area contributed by atoms with Gasteiger partial charge in [0, 0.05) is 18.1 Å². The highest BCUT2D eigenvalue weighted by Crippen LogP contribution is 2.16. The third-order valence-corrected chi connectivity index (χ3v) is 3.06. The largest absolute Gasteiger partial charge is 0.325 e. The van der Waals surface area contributed by atoms with Crippen molar-refractivity contribution in [3.63, 3.8) is 0 Å². The van der Waals surface area contributed by atoms with Crippen molar-refractivity contribution < 1.29 is 4.79 Å². The lowest BCUT2D eigenvalue weighted by molar-refractivity contribution is -0.118. The minimum Gasteiger partial charge on any atom is -0.325 e. The van der Waals surface area contributed by atoms with Crippen LogP contribution in [0, 0.1) is 24.2 Å². The first-order valence-corrected chi connectivity index (χ1v) is 6.35. The van der Waals surface area contributed by atoms with Crippen LogP contribution in [0.2, 0.25) is 0 Å². The highest BCUT2D eigenvalue weighted by molar-refractivity contribution is 5.94. The molecule has 0 saturated heterocycles. The molecule has 0 spiro atoms. The fourth-order valence-electron chi connectivity index (χ4n) is 1.88. The molecule has 0 radical (unpaired) electrons. The van der Waals surface area contributed by atoms with Gasteiger partial charge in [0.1, 0.15) is 5.92 Å². The van der Waals surface area contributed by atoms with Gasteiger partial charge in [0.05, 0.1) is 6.07 Å². The van der Waals surface area contributed by atoms with Gasteiger partial charge in [-0.15, -0.1) is 0 Å². The average molecular weight is 265 g/mol. The van der Waals surface area contributed by atoms with Crippen LogP contribution in [-0.4, -0.2) is 10.9 Å². The van der Waals surface area contributed by atoms with Crippen LogP contribution >= 0.6 is 0 Å². The summed E-state index contributed by atoms with van der Waals surface area (Å²) in [4.78, 5) is 16.1. The van der Waals surface area contributed by atoms with Crippen molar-refractivity contribution in [2.45, 2.75) is 13.3 Å². The van der Waals surface area contributed by atoms with E-state index in [1.807, 2.05) is 43.3 Å². The summed E-state index contributed by atoms with van der Waals surface area (Å²) in [6.45, 7) is 1.92. The standard InChI is InChI=1S/C16H15N3O/c1-12-4-2-3-5-15(12)19-16(20)14(11-17)10-13-6-8-18-9-7-13/h2-9,14H,10H2,1H3,(H,19,20)/t14-/m0/s1. The van der Waals surface area contributed by atoms with Crippen LogP contribution in [0.15, 0.2) is 48.8 Å². The van der Waals surface area contributed by atoms with E-state index in [0.717, 1.165) is 16.8 Å². The Hall–Kier alpha value is -2.67. The molecule has 1 heterocycles. The third kappa shape index (κ3) is 3.42. The molecule has 1 amide bonds. The third-order valence-electron chi connectivity index (χ3n) is 3.06. The Bertz CT molecular complexity index is 632. The Kier molecular flexibility index (Phi) is 4.46. The van der Waals surface area contributed by atoms with E-state index in [1.165, 1.54) is 0 Å². The molecular formula is C16H15N3O. The van der Waals surface area contributed by atoms with E-state index in [0.29, 0.717) is 6.42 Å². The van der Waals surface area contributed by atoms with Crippen LogP contribution in [0.1, 0.15) is 11.1 Å². The molecule has 0 aliphatic carbocycles. The van der Waals surface area contributed by atoms with Gasteiger partial charge in [0.25, 0.3) is 0 Å². The monoisotopic (exact) mass is 265 g/mol. The summed E-state index contributed by atoms with van der Waals surface area (Å²) >= 11 is 0. The number of aromatic nitrogens is 1. The van der Waals surface area contributed by atoms with E-state index < -0.39 is 5.92 Å². The van der Waals surface area contributed by atoms with Gasteiger partial charge in [-0.2, -0.15) is 5.26 Å². The van der Waals surface area contributed by atoms with Crippen molar-refractivity contribution in [3.8, 4) is 6.07 Å². The Morgan fingerprint density at radius 1 is 1.30 bits per heavy atom. The molecule has 1 aromatic heterocycles. The van der Waals surface area contributed by atoms with Gasteiger partial charge in [-0.25, -0.2) is 0 Å². The lowest BCUT2D eigenvalue weighted by atomic mass is 10.0. The topological polar surface area (TPSA) is 65.8 Å². The normalized spacial score (nSPS) is 11.4. The summed E-state index contributed by atoms with van der Waals surface area (Å²) in [5.41, 5.74) is 2.64. The predicted molar refractivity (Wildman–Crippen MR) is 76.9 cm³/mol. The lowest BCUT2D eigenvalue weighted by Gasteiger charge is -2.12. The summed E-state index contributed by atoms with van der Waals surface area (Å²) in [7, 11) is 0. The second kappa shape index (κ2) is 6.48. The van der Waals surface area contributed by atoms with Gasteiger partial charge < -0.3 is 5.32 Å². The zero-order chi connectivity index (χ0) is 14.4. The van der Waals surface area contributed by atoms with Crippen molar-refractivity contribution in [1.29, 1.82) is 5.26 Å². The van der Waals surface area contributed by atoms with Gasteiger partial charge in [-0.3, -0.25) is 9.78 Å². The summed E-state index contributed by atoms with van der Waals surface area (Å²) in [6, 6.07) is 13.2. The Labute approximate surface area is 118 Å². The van der Waals surface area contributed by atoms with Crippen molar-refractivity contribution in [1.82, 2.24) is 4.98 Å². The zero-order valence-electron chi connectivity index (χ0n) is 11.2. The fourth-order valence-corrected chi connectivity index (χ4v) is 1.88. The second-order valence-electron chi connectivity index (χ2n) is 4.55. The van der Waals surface area contributed by atoms with E-state index in [1.54, 1.807) is 12.4 Å². The number of anilines is 1. The number of hydrogen-bond acceptors (Lipinski definition) is 3. The Morgan fingerprint density at radius 3 is 2.65 bits per heavy atom. The fraction of sp³-hybridized carbons (Fsp3) is 0.188. The van der Waals surface area contributed by atoms with E-state index in [2.05, 4.69) is 16.4 Å². The second-order valence-corrected chi connectivity index (χ2v) is 4.55. The Balaban J connectivity index is 2.07. The van der Waals surface area contributed by atoms with Crippen LogP contribution in [0.5, 0.6) is 0 Å². The number of aryl methyl sites for hydroxylation is 1. The zero-order valence-corrected chi connectivity index (χ0v) is 11.2. The smallest absolute Gasteiger partial charge is 0.242 e. The van der Waals surface area contributed by atoms with Crippen LogP contribution < -0.4 is 5.32 Å². The molecule has 20 heavy (non-hydrogen) atoms. The molecular weight excluding hydrogens is 250 g/mol. The van der Waals surface area contributed by atoms with Crippen LogP contribution in [0.4, 0.5) is 5.69 Å². The number of nitrogens with zero attached hydrogens (tertiary/aromatic N) is 2. The molecule has 100 valence electrons. The number of amides is 1. The molecule has 2 aromatic rings.